The first-order valence-electron chi connectivity index (χ1n) is 7.54. The van der Waals surface area contributed by atoms with Crippen molar-refractivity contribution in [2.75, 3.05) is 26.6 Å². The number of pyridine rings is 1. The Morgan fingerprint density at radius 1 is 1.08 bits per heavy atom. The lowest BCUT2D eigenvalue weighted by Gasteiger charge is -2.17. The van der Waals surface area contributed by atoms with Gasteiger partial charge in [0.15, 0.2) is 11.5 Å². The smallest absolute Gasteiger partial charge is 0.339 e. The standard InChI is InChI=1S/C18H22N2O4/c1-11(13-6-8-15(22-3)16(10-13)23-4)19-17-9-7-14(12(2)20-17)18(21)24-5/h6-11H,1-5H3,(H,19,20). The molecule has 0 spiro atoms. The number of methoxy groups -OCH3 is 3. The second-order valence-corrected chi connectivity index (χ2v) is 5.30. The summed E-state index contributed by atoms with van der Waals surface area (Å²) < 4.78 is 15.3. The summed E-state index contributed by atoms with van der Waals surface area (Å²) in [5, 5.41) is 3.31. The molecule has 1 atom stereocenters. The number of hydrogen-bond donors (Lipinski definition) is 1. The van der Waals surface area contributed by atoms with Crippen LogP contribution in [0, 0.1) is 6.92 Å². The van der Waals surface area contributed by atoms with E-state index in [1.807, 2.05) is 25.1 Å². The highest BCUT2D eigenvalue weighted by molar-refractivity contribution is 5.90. The van der Waals surface area contributed by atoms with Crippen LogP contribution in [0.4, 0.5) is 5.82 Å². The number of aromatic nitrogens is 1. The van der Waals surface area contributed by atoms with Gasteiger partial charge in [0.05, 0.1) is 38.6 Å². The number of benzene rings is 1. The lowest BCUT2D eigenvalue weighted by atomic mass is 10.1. The summed E-state index contributed by atoms with van der Waals surface area (Å²) in [6.07, 6.45) is 0. The molecule has 0 bridgehead atoms. The zero-order chi connectivity index (χ0) is 17.7. The number of anilines is 1. The van der Waals surface area contributed by atoms with Crippen LogP contribution < -0.4 is 14.8 Å². The molecule has 0 aliphatic carbocycles. The van der Waals surface area contributed by atoms with Gasteiger partial charge in [-0.2, -0.15) is 0 Å². The number of esters is 1. The van der Waals surface area contributed by atoms with E-state index in [2.05, 4.69) is 10.3 Å². The van der Waals surface area contributed by atoms with E-state index in [9.17, 15) is 4.79 Å². The van der Waals surface area contributed by atoms with Gasteiger partial charge in [0.2, 0.25) is 0 Å². The van der Waals surface area contributed by atoms with Crippen LogP contribution in [0.3, 0.4) is 0 Å². The molecular formula is C18H22N2O4. The molecule has 1 unspecified atom stereocenters. The lowest BCUT2D eigenvalue weighted by Crippen LogP contribution is -2.11. The van der Waals surface area contributed by atoms with E-state index in [-0.39, 0.29) is 12.0 Å². The van der Waals surface area contributed by atoms with Crippen molar-refractivity contribution < 1.29 is 19.0 Å². The third kappa shape index (κ3) is 3.76. The molecule has 2 aromatic rings. The molecule has 0 aliphatic heterocycles. The van der Waals surface area contributed by atoms with Gasteiger partial charge in [-0.25, -0.2) is 9.78 Å². The van der Waals surface area contributed by atoms with E-state index in [1.54, 1.807) is 33.3 Å². The van der Waals surface area contributed by atoms with Crippen molar-refractivity contribution in [1.29, 1.82) is 0 Å². The van der Waals surface area contributed by atoms with E-state index >= 15 is 0 Å². The fourth-order valence-corrected chi connectivity index (χ4v) is 2.39. The molecule has 0 aliphatic rings. The molecule has 1 N–H and O–H groups in total. The second kappa shape index (κ2) is 7.68. The van der Waals surface area contributed by atoms with Crippen LogP contribution in [-0.4, -0.2) is 32.3 Å². The van der Waals surface area contributed by atoms with Gasteiger partial charge in [0, 0.05) is 0 Å². The molecule has 0 saturated carbocycles. The summed E-state index contributed by atoms with van der Waals surface area (Å²) >= 11 is 0. The van der Waals surface area contributed by atoms with Gasteiger partial charge in [0.1, 0.15) is 5.82 Å². The molecule has 6 heteroatoms. The van der Waals surface area contributed by atoms with Crippen molar-refractivity contribution in [3.8, 4) is 11.5 Å². The first kappa shape index (κ1) is 17.6. The fraction of sp³-hybridized carbons (Fsp3) is 0.333. The quantitative estimate of drug-likeness (QED) is 0.819. The summed E-state index contributed by atoms with van der Waals surface area (Å²) in [7, 11) is 4.57. The average Bonchev–Trinajstić information content (AvgIpc) is 2.60. The second-order valence-electron chi connectivity index (χ2n) is 5.30. The van der Waals surface area contributed by atoms with Crippen LogP contribution >= 0.6 is 0 Å². The maximum Gasteiger partial charge on any atom is 0.339 e. The van der Waals surface area contributed by atoms with Crippen LogP contribution in [-0.2, 0) is 4.74 Å². The molecule has 0 saturated heterocycles. The number of hydrogen-bond acceptors (Lipinski definition) is 6. The SMILES string of the molecule is COC(=O)c1ccc(NC(C)c2ccc(OC)c(OC)c2)nc1C. The molecule has 2 rings (SSSR count). The topological polar surface area (TPSA) is 69.7 Å². The van der Waals surface area contributed by atoms with E-state index < -0.39 is 0 Å². The Balaban J connectivity index is 2.19. The van der Waals surface area contributed by atoms with Gasteiger partial charge in [0.25, 0.3) is 0 Å². The zero-order valence-corrected chi connectivity index (χ0v) is 14.5. The maximum absolute atomic E-state index is 11.6. The van der Waals surface area contributed by atoms with E-state index in [0.29, 0.717) is 28.6 Å². The first-order chi connectivity index (χ1) is 11.5. The molecule has 0 amide bonds. The number of aryl methyl sites for hydroxylation is 1. The number of ether oxygens (including phenoxy) is 3. The average molecular weight is 330 g/mol. The molecule has 6 nitrogen and oxygen atoms in total. The van der Waals surface area contributed by atoms with E-state index in [4.69, 9.17) is 14.2 Å². The van der Waals surface area contributed by atoms with Gasteiger partial charge < -0.3 is 19.5 Å². The molecule has 1 aromatic heterocycles. The number of nitrogens with one attached hydrogen (secondary N) is 1. The third-order valence-electron chi connectivity index (χ3n) is 3.76. The normalized spacial score (nSPS) is 11.5. The number of carbonyl (C=O) groups is 1. The number of rotatable bonds is 6. The summed E-state index contributed by atoms with van der Waals surface area (Å²) in [4.78, 5) is 16.0. The Bertz CT molecular complexity index is 731. The molecule has 0 radical (unpaired) electrons. The predicted molar refractivity (Wildman–Crippen MR) is 91.9 cm³/mol. The molecular weight excluding hydrogens is 308 g/mol. The fourth-order valence-electron chi connectivity index (χ4n) is 2.39. The van der Waals surface area contributed by atoms with Crippen LogP contribution in [0.1, 0.15) is 34.6 Å². The van der Waals surface area contributed by atoms with Crippen LogP contribution in [0.15, 0.2) is 30.3 Å². The van der Waals surface area contributed by atoms with Crippen molar-refractivity contribution in [3.63, 3.8) is 0 Å². The first-order valence-corrected chi connectivity index (χ1v) is 7.54. The van der Waals surface area contributed by atoms with Crippen LogP contribution in [0.25, 0.3) is 0 Å². The van der Waals surface area contributed by atoms with Crippen LogP contribution in [0.5, 0.6) is 11.5 Å². The minimum atomic E-state index is -0.389. The maximum atomic E-state index is 11.6. The summed E-state index contributed by atoms with van der Waals surface area (Å²) in [5.41, 5.74) is 2.11. The van der Waals surface area contributed by atoms with Gasteiger partial charge in [-0.3, -0.25) is 0 Å². The highest BCUT2D eigenvalue weighted by Crippen LogP contribution is 2.30. The van der Waals surface area contributed by atoms with Gasteiger partial charge >= 0.3 is 5.97 Å². The highest BCUT2D eigenvalue weighted by Gasteiger charge is 2.13. The van der Waals surface area contributed by atoms with Crippen molar-refractivity contribution in [3.05, 3.63) is 47.2 Å². The Hall–Kier alpha value is -2.76. The Morgan fingerprint density at radius 3 is 2.38 bits per heavy atom. The highest BCUT2D eigenvalue weighted by atomic mass is 16.5. The van der Waals surface area contributed by atoms with Crippen molar-refractivity contribution in [1.82, 2.24) is 4.98 Å². The molecule has 1 heterocycles. The van der Waals surface area contributed by atoms with Crippen LogP contribution in [0.2, 0.25) is 0 Å². The van der Waals surface area contributed by atoms with Gasteiger partial charge in [-0.05, 0) is 43.7 Å². The Labute approximate surface area is 141 Å². The Morgan fingerprint density at radius 2 is 1.79 bits per heavy atom. The zero-order valence-electron chi connectivity index (χ0n) is 14.5. The number of nitrogens with zero attached hydrogens (tertiary/aromatic N) is 1. The van der Waals surface area contributed by atoms with Gasteiger partial charge in [-0.15, -0.1) is 0 Å². The lowest BCUT2D eigenvalue weighted by molar-refractivity contribution is 0.0599. The van der Waals surface area contributed by atoms with E-state index in [1.165, 1.54) is 7.11 Å². The number of carbonyl (C=O) groups excluding carboxylic acids is 1. The monoisotopic (exact) mass is 330 g/mol. The summed E-state index contributed by atoms with van der Waals surface area (Å²) in [6.45, 7) is 3.80. The van der Waals surface area contributed by atoms with Crippen molar-refractivity contribution in [2.24, 2.45) is 0 Å². The molecule has 128 valence electrons. The minimum Gasteiger partial charge on any atom is -0.493 e. The summed E-state index contributed by atoms with van der Waals surface area (Å²) in [6, 6.07) is 9.22. The predicted octanol–water partition coefficient (Wildman–Crippen LogP) is 3.37. The van der Waals surface area contributed by atoms with Crippen molar-refractivity contribution >= 4 is 11.8 Å². The Kier molecular flexibility index (Phi) is 5.63. The third-order valence-corrected chi connectivity index (χ3v) is 3.76. The molecule has 1 aromatic carbocycles. The largest absolute Gasteiger partial charge is 0.493 e. The molecule has 24 heavy (non-hydrogen) atoms. The molecule has 0 fully saturated rings. The minimum absolute atomic E-state index is 0.000632. The van der Waals surface area contributed by atoms with Crippen molar-refractivity contribution in [2.45, 2.75) is 19.9 Å². The summed E-state index contributed by atoms with van der Waals surface area (Å²) in [5.74, 6) is 1.65. The van der Waals surface area contributed by atoms with E-state index in [0.717, 1.165) is 5.56 Å². The van der Waals surface area contributed by atoms with Gasteiger partial charge in [-0.1, -0.05) is 6.07 Å².